The van der Waals surface area contributed by atoms with Crippen LogP contribution < -0.4 is 5.32 Å². The number of nitrogens with zero attached hydrogens (tertiary/aromatic N) is 2. The van der Waals surface area contributed by atoms with Crippen LogP contribution in [0.5, 0.6) is 0 Å². The molecule has 0 radical (unpaired) electrons. The fraction of sp³-hybridized carbons (Fsp3) is 0.462. The van der Waals surface area contributed by atoms with E-state index in [4.69, 9.17) is 0 Å². The Labute approximate surface area is 127 Å². The predicted molar refractivity (Wildman–Crippen MR) is 78.3 cm³/mol. The van der Waals surface area contributed by atoms with Crippen molar-refractivity contribution in [2.45, 2.75) is 18.9 Å². The summed E-state index contributed by atoms with van der Waals surface area (Å²) in [6.07, 6.45) is 1.57. The van der Waals surface area contributed by atoms with E-state index in [2.05, 4.69) is 5.32 Å². The van der Waals surface area contributed by atoms with Crippen molar-refractivity contribution >= 4 is 24.0 Å². The van der Waals surface area contributed by atoms with Gasteiger partial charge < -0.3 is 10.2 Å². The van der Waals surface area contributed by atoms with Crippen LogP contribution in [0.25, 0.3) is 0 Å². The van der Waals surface area contributed by atoms with Gasteiger partial charge in [-0.15, -0.1) is 12.4 Å². The van der Waals surface area contributed by atoms with Crippen molar-refractivity contribution in [3.05, 3.63) is 39.7 Å². The first-order chi connectivity index (χ1) is 9.50. The van der Waals surface area contributed by atoms with Crippen LogP contribution in [-0.4, -0.2) is 41.9 Å². The maximum absolute atomic E-state index is 13.3. The SMILES string of the molecule is CN(C(=O)c1cc(F)ccc1[N+](=O)[O-])C1CCNCC1.Cl. The highest BCUT2D eigenvalue weighted by Gasteiger charge is 2.28. The van der Waals surface area contributed by atoms with E-state index < -0.39 is 16.6 Å². The van der Waals surface area contributed by atoms with E-state index in [0.29, 0.717) is 0 Å². The molecule has 1 N–H and O–H groups in total. The summed E-state index contributed by atoms with van der Waals surface area (Å²) in [6.45, 7) is 1.60. The van der Waals surface area contributed by atoms with Crippen LogP contribution >= 0.6 is 12.4 Å². The lowest BCUT2D eigenvalue weighted by molar-refractivity contribution is -0.385. The van der Waals surface area contributed by atoms with Crippen molar-refractivity contribution in [3.8, 4) is 0 Å². The molecule has 2 rings (SSSR count). The van der Waals surface area contributed by atoms with Gasteiger partial charge in [0.2, 0.25) is 0 Å². The number of halogens is 2. The minimum absolute atomic E-state index is 0. The summed E-state index contributed by atoms with van der Waals surface area (Å²) >= 11 is 0. The van der Waals surface area contributed by atoms with Crippen molar-refractivity contribution in [2.75, 3.05) is 20.1 Å². The topological polar surface area (TPSA) is 75.5 Å². The van der Waals surface area contributed by atoms with Gasteiger partial charge in [-0.2, -0.15) is 0 Å². The van der Waals surface area contributed by atoms with Crippen LogP contribution in [0.3, 0.4) is 0 Å². The lowest BCUT2D eigenvalue weighted by Crippen LogP contribution is -2.44. The van der Waals surface area contributed by atoms with E-state index in [9.17, 15) is 19.3 Å². The molecule has 0 unspecified atom stereocenters. The van der Waals surface area contributed by atoms with Gasteiger partial charge in [0.15, 0.2) is 0 Å². The van der Waals surface area contributed by atoms with E-state index >= 15 is 0 Å². The van der Waals surface area contributed by atoms with Gasteiger partial charge in [0.05, 0.1) is 4.92 Å². The Hall–Kier alpha value is -1.73. The van der Waals surface area contributed by atoms with Gasteiger partial charge >= 0.3 is 0 Å². The number of hydrogen-bond acceptors (Lipinski definition) is 4. The number of benzene rings is 1. The van der Waals surface area contributed by atoms with Gasteiger partial charge in [0.25, 0.3) is 11.6 Å². The second-order valence-electron chi connectivity index (χ2n) is 4.82. The minimum atomic E-state index is -0.664. The van der Waals surface area contributed by atoms with Crippen LogP contribution in [0.1, 0.15) is 23.2 Å². The van der Waals surface area contributed by atoms with Crippen LogP contribution in [0.15, 0.2) is 18.2 Å². The molecule has 0 bridgehead atoms. The molecule has 1 heterocycles. The Morgan fingerprint density at radius 3 is 2.62 bits per heavy atom. The fourth-order valence-corrected chi connectivity index (χ4v) is 2.39. The molecule has 1 fully saturated rings. The highest BCUT2D eigenvalue weighted by molar-refractivity contribution is 5.98. The largest absolute Gasteiger partial charge is 0.338 e. The number of rotatable bonds is 3. The van der Waals surface area contributed by atoms with Crippen molar-refractivity contribution < 1.29 is 14.1 Å². The third-order valence-corrected chi connectivity index (χ3v) is 3.56. The summed E-state index contributed by atoms with van der Waals surface area (Å²) in [6, 6.07) is 2.96. The predicted octanol–water partition coefficient (Wildman–Crippen LogP) is 1.98. The number of carbonyl (C=O) groups excluding carboxylic acids is 1. The Balaban J connectivity index is 0.00000220. The second-order valence-corrected chi connectivity index (χ2v) is 4.82. The molecule has 6 nitrogen and oxygen atoms in total. The molecule has 0 aliphatic carbocycles. The van der Waals surface area contributed by atoms with Gasteiger partial charge in [-0.25, -0.2) is 4.39 Å². The number of amides is 1. The van der Waals surface area contributed by atoms with E-state index in [-0.39, 0.29) is 29.7 Å². The monoisotopic (exact) mass is 317 g/mol. The summed E-state index contributed by atoms with van der Waals surface area (Å²) in [5.74, 6) is -1.17. The average Bonchev–Trinajstić information content (AvgIpc) is 2.46. The van der Waals surface area contributed by atoms with Crippen LogP contribution in [0, 0.1) is 15.9 Å². The number of nitro groups is 1. The summed E-state index contributed by atoms with van der Waals surface area (Å²) in [5.41, 5.74) is -0.562. The average molecular weight is 318 g/mol. The Morgan fingerprint density at radius 1 is 1.43 bits per heavy atom. The quantitative estimate of drug-likeness (QED) is 0.683. The highest BCUT2D eigenvalue weighted by atomic mass is 35.5. The first-order valence-electron chi connectivity index (χ1n) is 6.42. The smallest absolute Gasteiger partial charge is 0.282 e. The Bertz CT molecular complexity index is 535. The first-order valence-corrected chi connectivity index (χ1v) is 6.42. The maximum Gasteiger partial charge on any atom is 0.282 e. The number of piperidine rings is 1. The molecular weight excluding hydrogens is 301 g/mol. The summed E-state index contributed by atoms with van der Waals surface area (Å²) in [7, 11) is 1.60. The van der Waals surface area contributed by atoms with Gasteiger partial charge in [0.1, 0.15) is 11.4 Å². The van der Waals surface area contributed by atoms with Crippen LogP contribution in [-0.2, 0) is 0 Å². The molecule has 0 spiro atoms. The summed E-state index contributed by atoms with van der Waals surface area (Å²) < 4.78 is 13.3. The molecule has 1 aliphatic heterocycles. The standard InChI is InChI=1S/C13H16FN3O3.ClH/c1-16(10-4-6-15-7-5-10)13(18)11-8-9(14)2-3-12(11)17(19)20;/h2-3,8,10,15H,4-7H2,1H3;1H. The van der Waals surface area contributed by atoms with E-state index in [0.717, 1.165) is 44.1 Å². The maximum atomic E-state index is 13.3. The fourth-order valence-electron chi connectivity index (χ4n) is 2.39. The van der Waals surface area contributed by atoms with Gasteiger partial charge in [-0.05, 0) is 38.1 Å². The van der Waals surface area contributed by atoms with Crippen molar-refractivity contribution in [1.82, 2.24) is 10.2 Å². The molecule has 0 saturated carbocycles. The normalized spacial score (nSPS) is 15.1. The zero-order chi connectivity index (χ0) is 14.7. The zero-order valence-electron chi connectivity index (χ0n) is 11.5. The van der Waals surface area contributed by atoms with Gasteiger partial charge in [0, 0.05) is 19.2 Å². The van der Waals surface area contributed by atoms with E-state index in [1.54, 1.807) is 7.05 Å². The molecule has 1 amide bonds. The molecular formula is C13H17ClFN3O3. The number of nitrogens with one attached hydrogen (secondary N) is 1. The molecule has 21 heavy (non-hydrogen) atoms. The molecule has 1 aliphatic rings. The number of carbonyl (C=O) groups is 1. The lowest BCUT2D eigenvalue weighted by atomic mass is 10.0. The minimum Gasteiger partial charge on any atom is -0.338 e. The van der Waals surface area contributed by atoms with Crippen LogP contribution in [0.2, 0.25) is 0 Å². The molecule has 1 aromatic carbocycles. The van der Waals surface area contributed by atoms with E-state index in [1.165, 1.54) is 4.90 Å². The number of nitro benzene ring substituents is 1. The second kappa shape index (κ2) is 7.33. The van der Waals surface area contributed by atoms with Crippen molar-refractivity contribution in [2.24, 2.45) is 0 Å². The Kier molecular flexibility index (Phi) is 6.04. The Morgan fingerprint density at radius 2 is 2.05 bits per heavy atom. The molecule has 116 valence electrons. The summed E-state index contributed by atoms with van der Waals surface area (Å²) in [5, 5.41) is 14.1. The zero-order valence-corrected chi connectivity index (χ0v) is 12.4. The van der Waals surface area contributed by atoms with Crippen molar-refractivity contribution in [3.63, 3.8) is 0 Å². The molecule has 8 heteroatoms. The van der Waals surface area contributed by atoms with Gasteiger partial charge in [-0.3, -0.25) is 14.9 Å². The van der Waals surface area contributed by atoms with E-state index in [1.807, 2.05) is 0 Å². The number of hydrogen-bond donors (Lipinski definition) is 1. The van der Waals surface area contributed by atoms with Gasteiger partial charge in [-0.1, -0.05) is 0 Å². The third-order valence-electron chi connectivity index (χ3n) is 3.56. The molecule has 1 aromatic rings. The summed E-state index contributed by atoms with van der Waals surface area (Å²) in [4.78, 5) is 24.1. The van der Waals surface area contributed by atoms with Crippen LogP contribution in [0.4, 0.5) is 10.1 Å². The first kappa shape index (κ1) is 17.3. The third kappa shape index (κ3) is 3.89. The lowest BCUT2D eigenvalue weighted by Gasteiger charge is -2.31. The highest BCUT2D eigenvalue weighted by Crippen LogP contribution is 2.23. The molecule has 0 aromatic heterocycles. The molecule has 1 saturated heterocycles. The van der Waals surface area contributed by atoms with Crippen molar-refractivity contribution in [1.29, 1.82) is 0 Å². The molecule has 0 atom stereocenters.